The predicted molar refractivity (Wildman–Crippen MR) is 86.8 cm³/mol. The Morgan fingerprint density at radius 2 is 2.19 bits per heavy atom. The van der Waals surface area contributed by atoms with Crippen molar-refractivity contribution in [2.75, 3.05) is 17.2 Å². The van der Waals surface area contributed by atoms with Gasteiger partial charge in [0.25, 0.3) is 0 Å². The van der Waals surface area contributed by atoms with Crippen LogP contribution in [0, 0.1) is 6.92 Å². The molecule has 0 spiro atoms. The van der Waals surface area contributed by atoms with E-state index in [2.05, 4.69) is 34.8 Å². The maximum atomic E-state index is 5.81. The number of thiazole rings is 1. The van der Waals surface area contributed by atoms with Crippen LogP contribution in [0.1, 0.15) is 48.3 Å². The summed E-state index contributed by atoms with van der Waals surface area (Å²) in [6, 6.07) is 2.07. The smallest absolute Gasteiger partial charge is 0.180 e. The van der Waals surface area contributed by atoms with Crippen molar-refractivity contribution in [3.05, 3.63) is 28.2 Å². The van der Waals surface area contributed by atoms with Crippen LogP contribution < -0.4 is 10.6 Å². The van der Waals surface area contributed by atoms with E-state index in [9.17, 15) is 0 Å². The van der Waals surface area contributed by atoms with E-state index >= 15 is 0 Å². The summed E-state index contributed by atoms with van der Waals surface area (Å²) in [6.07, 6.45) is 1.99. The van der Waals surface area contributed by atoms with E-state index in [1.54, 1.807) is 11.3 Å². The summed E-state index contributed by atoms with van der Waals surface area (Å²) in [7, 11) is 0. The number of nitrogen functional groups attached to an aromatic ring is 1. The molecule has 2 aromatic heterocycles. The molecular formula is C15H21N5S. The summed E-state index contributed by atoms with van der Waals surface area (Å²) in [5, 5.41) is 0.668. The maximum Gasteiger partial charge on any atom is 0.180 e. The highest BCUT2D eigenvalue weighted by atomic mass is 32.1. The van der Waals surface area contributed by atoms with Crippen LogP contribution in [0.5, 0.6) is 0 Å². The Bertz CT molecular complexity index is 652. The van der Waals surface area contributed by atoms with Gasteiger partial charge >= 0.3 is 0 Å². The lowest BCUT2D eigenvalue weighted by molar-refractivity contribution is 0.659. The van der Waals surface area contributed by atoms with Crippen molar-refractivity contribution < 1.29 is 0 Å². The maximum absolute atomic E-state index is 5.81. The van der Waals surface area contributed by atoms with Crippen LogP contribution in [0.3, 0.4) is 0 Å². The monoisotopic (exact) mass is 303 g/mol. The summed E-state index contributed by atoms with van der Waals surface area (Å²) in [4.78, 5) is 17.3. The molecule has 6 heteroatoms. The first kappa shape index (κ1) is 14.3. The zero-order valence-corrected chi connectivity index (χ0v) is 13.6. The Hall–Kier alpha value is -1.69. The number of nitrogens with zero attached hydrogens (tertiary/aromatic N) is 4. The van der Waals surface area contributed by atoms with Crippen LogP contribution in [-0.4, -0.2) is 21.5 Å². The molecule has 0 aromatic carbocycles. The number of rotatable bonds is 3. The quantitative estimate of drug-likeness (QED) is 0.944. The molecule has 0 fully saturated rings. The molecule has 5 nitrogen and oxygen atoms in total. The van der Waals surface area contributed by atoms with Crippen molar-refractivity contribution >= 4 is 22.3 Å². The molecule has 3 heterocycles. The van der Waals surface area contributed by atoms with Gasteiger partial charge in [0.1, 0.15) is 11.6 Å². The van der Waals surface area contributed by atoms with Gasteiger partial charge in [-0.1, -0.05) is 13.8 Å². The SMILES string of the molecule is CCC(C)c1nc(C)cc(N2CCc3nc(N)sc3C2)n1. The molecule has 0 aliphatic carbocycles. The lowest BCUT2D eigenvalue weighted by Crippen LogP contribution is -2.31. The highest BCUT2D eigenvalue weighted by Gasteiger charge is 2.22. The number of aryl methyl sites for hydroxylation is 1. The van der Waals surface area contributed by atoms with Gasteiger partial charge in [-0.15, -0.1) is 11.3 Å². The summed E-state index contributed by atoms with van der Waals surface area (Å²) in [6.45, 7) is 8.17. The van der Waals surface area contributed by atoms with E-state index in [1.807, 2.05) is 6.92 Å². The molecule has 0 amide bonds. The highest BCUT2D eigenvalue weighted by molar-refractivity contribution is 7.15. The zero-order valence-electron chi connectivity index (χ0n) is 12.8. The minimum absolute atomic E-state index is 0.392. The second-order valence-corrected chi connectivity index (χ2v) is 6.74. The molecule has 0 radical (unpaired) electrons. The van der Waals surface area contributed by atoms with Gasteiger partial charge in [-0.25, -0.2) is 15.0 Å². The van der Waals surface area contributed by atoms with Crippen molar-refractivity contribution in [2.45, 2.75) is 46.1 Å². The van der Waals surface area contributed by atoms with Gasteiger partial charge in [0.15, 0.2) is 5.13 Å². The van der Waals surface area contributed by atoms with Gasteiger partial charge in [-0.05, 0) is 13.3 Å². The van der Waals surface area contributed by atoms with E-state index in [1.165, 1.54) is 4.88 Å². The number of hydrogen-bond donors (Lipinski definition) is 1. The first-order chi connectivity index (χ1) is 10.1. The Morgan fingerprint density at radius 1 is 1.38 bits per heavy atom. The molecule has 0 saturated heterocycles. The minimum atomic E-state index is 0.392. The number of anilines is 2. The Balaban J connectivity index is 1.89. The molecule has 2 N–H and O–H groups in total. The summed E-state index contributed by atoms with van der Waals surface area (Å²) in [5.74, 6) is 2.36. The Morgan fingerprint density at radius 3 is 2.95 bits per heavy atom. The Kier molecular flexibility index (Phi) is 3.80. The zero-order chi connectivity index (χ0) is 15.0. The van der Waals surface area contributed by atoms with E-state index in [-0.39, 0.29) is 0 Å². The molecule has 21 heavy (non-hydrogen) atoms. The van der Waals surface area contributed by atoms with Crippen molar-refractivity contribution in [2.24, 2.45) is 0 Å². The average molecular weight is 303 g/mol. The van der Waals surface area contributed by atoms with Gasteiger partial charge in [-0.2, -0.15) is 0 Å². The molecule has 1 atom stereocenters. The van der Waals surface area contributed by atoms with Crippen LogP contribution in [0.15, 0.2) is 6.07 Å². The van der Waals surface area contributed by atoms with Crippen LogP contribution in [0.4, 0.5) is 10.9 Å². The second kappa shape index (κ2) is 5.60. The fourth-order valence-corrected chi connectivity index (χ4v) is 3.44. The first-order valence-electron chi connectivity index (χ1n) is 7.41. The van der Waals surface area contributed by atoms with E-state index < -0.39 is 0 Å². The Labute approximate surface area is 129 Å². The van der Waals surface area contributed by atoms with Gasteiger partial charge in [0.2, 0.25) is 0 Å². The molecule has 1 aliphatic heterocycles. The first-order valence-corrected chi connectivity index (χ1v) is 8.23. The topological polar surface area (TPSA) is 67.9 Å². The highest BCUT2D eigenvalue weighted by Crippen LogP contribution is 2.29. The molecule has 0 bridgehead atoms. The molecule has 1 aliphatic rings. The molecule has 112 valence electrons. The molecule has 2 aromatic rings. The lowest BCUT2D eigenvalue weighted by atomic mass is 10.1. The standard InChI is InChI=1S/C15H21N5S/c1-4-9(2)14-17-10(3)7-13(19-14)20-6-5-11-12(8-20)21-15(16)18-11/h7,9H,4-6,8H2,1-3H3,(H2,16,18). The van der Waals surface area contributed by atoms with Gasteiger partial charge in [0.05, 0.1) is 12.2 Å². The van der Waals surface area contributed by atoms with Crippen molar-refractivity contribution in [1.29, 1.82) is 0 Å². The largest absolute Gasteiger partial charge is 0.375 e. The number of hydrogen-bond acceptors (Lipinski definition) is 6. The van der Waals surface area contributed by atoms with Gasteiger partial charge < -0.3 is 10.6 Å². The molecule has 1 unspecified atom stereocenters. The van der Waals surface area contributed by atoms with Crippen LogP contribution in [0.25, 0.3) is 0 Å². The van der Waals surface area contributed by atoms with Crippen molar-refractivity contribution in [3.63, 3.8) is 0 Å². The fourth-order valence-electron chi connectivity index (χ4n) is 2.55. The fraction of sp³-hybridized carbons (Fsp3) is 0.533. The molecule has 0 saturated carbocycles. The van der Waals surface area contributed by atoms with Crippen LogP contribution >= 0.6 is 11.3 Å². The molecular weight excluding hydrogens is 282 g/mol. The lowest BCUT2D eigenvalue weighted by Gasteiger charge is -2.27. The third kappa shape index (κ3) is 2.85. The van der Waals surface area contributed by atoms with E-state index in [4.69, 9.17) is 10.7 Å². The third-order valence-corrected chi connectivity index (χ3v) is 4.89. The summed E-state index contributed by atoms with van der Waals surface area (Å²) >= 11 is 1.59. The number of nitrogens with two attached hydrogens (primary N) is 1. The molecule has 3 rings (SSSR count). The normalized spacial score (nSPS) is 15.9. The van der Waals surface area contributed by atoms with E-state index in [0.717, 1.165) is 49.0 Å². The summed E-state index contributed by atoms with van der Waals surface area (Å²) in [5.41, 5.74) is 8.00. The second-order valence-electron chi connectivity index (χ2n) is 5.63. The van der Waals surface area contributed by atoms with Gasteiger partial charge in [-0.3, -0.25) is 0 Å². The van der Waals surface area contributed by atoms with Crippen molar-refractivity contribution in [1.82, 2.24) is 15.0 Å². The van der Waals surface area contributed by atoms with Crippen LogP contribution in [-0.2, 0) is 13.0 Å². The third-order valence-electron chi connectivity index (χ3n) is 3.98. The minimum Gasteiger partial charge on any atom is -0.375 e. The van der Waals surface area contributed by atoms with Crippen molar-refractivity contribution in [3.8, 4) is 0 Å². The van der Waals surface area contributed by atoms with E-state index in [0.29, 0.717) is 11.0 Å². The van der Waals surface area contributed by atoms with Crippen LogP contribution in [0.2, 0.25) is 0 Å². The average Bonchev–Trinajstić information content (AvgIpc) is 2.84. The number of aromatic nitrogens is 3. The van der Waals surface area contributed by atoms with Gasteiger partial charge in [0, 0.05) is 35.5 Å². The summed E-state index contributed by atoms with van der Waals surface area (Å²) < 4.78 is 0. The predicted octanol–water partition coefficient (Wildman–Crippen LogP) is 2.90. The number of fused-ring (bicyclic) bond motifs is 1.